The molecule has 104 valence electrons. The second kappa shape index (κ2) is 6.61. The lowest BCUT2D eigenvalue weighted by Crippen LogP contribution is -2.45. The van der Waals surface area contributed by atoms with Gasteiger partial charge in [-0.15, -0.1) is 0 Å². The average Bonchev–Trinajstić information content (AvgIpc) is 2.67. The van der Waals surface area contributed by atoms with Gasteiger partial charge in [-0.2, -0.15) is 0 Å². The van der Waals surface area contributed by atoms with Crippen molar-refractivity contribution in [1.29, 1.82) is 0 Å². The molecular formula is C13H24N2O3. The first-order valence-corrected chi connectivity index (χ1v) is 6.72. The SMILES string of the molecule is CCC1CCC(NC(=O)NCC(C)C(=O)O)C1C. The molecule has 0 spiro atoms. The maximum Gasteiger partial charge on any atom is 0.315 e. The first-order valence-electron chi connectivity index (χ1n) is 6.72. The van der Waals surface area contributed by atoms with Gasteiger partial charge >= 0.3 is 12.0 Å². The number of carbonyl (C=O) groups is 2. The summed E-state index contributed by atoms with van der Waals surface area (Å²) in [4.78, 5) is 22.3. The number of amides is 2. The summed E-state index contributed by atoms with van der Waals surface area (Å²) in [6.07, 6.45) is 3.33. The van der Waals surface area contributed by atoms with Crippen LogP contribution in [0.5, 0.6) is 0 Å². The summed E-state index contributed by atoms with van der Waals surface area (Å²) in [5.41, 5.74) is 0. The quantitative estimate of drug-likeness (QED) is 0.702. The van der Waals surface area contributed by atoms with E-state index in [1.165, 1.54) is 0 Å². The van der Waals surface area contributed by atoms with E-state index < -0.39 is 11.9 Å². The van der Waals surface area contributed by atoms with Gasteiger partial charge in [0.15, 0.2) is 0 Å². The third-order valence-corrected chi connectivity index (χ3v) is 4.06. The Balaban J connectivity index is 2.31. The predicted molar refractivity (Wildman–Crippen MR) is 69.3 cm³/mol. The zero-order valence-corrected chi connectivity index (χ0v) is 11.4. The van der Waals surface area contributed by atoms with Crippen LogP contribution in [0.2, 0.25) is 0 Å². The largest absolute Gasteiger partial charge is 0.481 e. The summed E-state index contributed by atoms with van der Waals surface area (Å²) in [5.74, 6) is -0.262. The van der Waals surface area contributed by atoms with Gasteiger partial charge in [-0.3, -0.25) is 4.79 Å². The van der Waals surface area contributed by atoms with Gasteiger partial charge in [0, 0.05) is 12.6 Å². The van der Waals surface area contributed by atoms with E-state index in [0.717, 1.165) is 19.3 Å². The first-order chi connectivity index (χ1) is 8.45. The highest BCUT2D eigenvalue weighted by Gasteiger charge is 2.32. The fraction of sp³-hybridized carbons (Fsp3) is 0.846. The molecule has 3 N–H and O–H groups in total. The second-order valence-electron chi connectivity index (χ2n) is 5.30. The standard InChI is InChI=1S/C13H24N2O3/c1-4-10-5-6-11(9(10)3)15-13(18)14-7-8(2)12(16)17/h8-11H,4-7H2,1-3H3,(H,16,17)(H2,14,15,18). The molecule has 0 bridgehead atoms. The van der Waals surface area contributed by atoms with Gasteiger partial charge in [0.25, 0.3) is 0 Å². The second-order valence-corrected chi connectivity index (χ2v) is 5.30. The molecule has 0 aliphatic heterocycles. The molecule has 4 unspecified atom stereocenters. The lowest BCUT2D eigenvalue weighted by Gasteiger charge is -2.21. The number of rotatable bonds is 5. The summed E-state index contributed by atoms with van der Waals surface area (Å²) in [5, 5.41) is 14.3. The van der Waals surface area contributed by atoms with E-state index in [-0.39, 0.29) is 18.6 Å². The van der Waals surface area contributed by atoms with Crippen molar-refractivity contribution in [1.82, 2.24) is 10.6 Å². The van der Waals surface area contributed by atoms with E-state index in [9.17, 15) is 9.59 Å². The number of hydrogen-bond donors (Lipinski definition) is 3. The van der Waals surface area contributed by atoms with Crippen molar-refractivity contribution in [3.05, 3.63) is 0 Å². The van der Waals surface area contributed by atoms with Crippen LogP contribution in [0.4, 0.5) is 4.79 Å². The number of carboxylic acids is 1. The minimum atomic E-state index is -0.893. The Hall–Kier alpha value is -1.26. The van der Waals surface area contributed by atoms with Crippen LogP contribution in [0.25, 0.3) is 0 Å². The van der Waals surface area contributed by atoms with Crippen molar-refractivity contribution in [2.75, 3.05) is 6.54 Å². The summed E-state index contributed by atoms with van der Waals surface area (Å²) in [6.45, 7) is 6.09. The maximum absolute atomic E-state index is 11.7. The van der Waals surface area contributed by atoms with E-state index in [0.29, 0.717) is 11.8 Å². The normalized spacial score (nSPS) is 28.7. The summed E-state index contributed by atoms with van der Waals surface area (Å²) >= 11 is 0. The summed E-state index contributed by atoms with van der Waals surface area (Å²) < 4.78 is 0. The van der Waals surface area contributed by atoms with E-state index in [1.807, 2.05) is 0 Å². The van der Waals surface area contributed by atoms with Gasteiger partial charge in [0.2, 0.25) is 0 Å². The average molecular weight is 256 g/mol. The molecule has 1 saturated carbocycles. The summed E-state index contributed by atoms with van der Waals surface area (Å²) in [6, 6.07) is -0.0354. The maximum atomic E-state index is 11.7. The third kappa shape index (κ3) is 3.89. The molecule has 0 aromatic carbocycles. The zero-order valence-electron chi connectivity index (χ0n) is 11.4. The van der Waals surface area contributed by atoms with Gasteiger partial charge in [-0.1, -0.05) is 27.2 Å². The van der Waals surface area contributed by atoms with Crippen molar-refractivity contribution in [2.45, 2.75) is 46.1 Å². The smallest absolute Gasteiger partial charge is 0.315 e. The molecule has 0 radical (unpaired) electrons. The lowest BCUT2D eigenvalue weighted by molar-refractivity contribution is -0.140. The number of aliphatic carboxylic acids is 1. The van der Waals surface area contributed by atoms with Crippen LogP contribution in [0.15, 0.2) is 0 Å². The molecule has 1 rings (SSSR count). The molecule has 5 nitrogen and oxygen atoms in total. The molecule has 2 amide bonds. The molecule has 1 aliphatic carbocycles. The molecule has 18 heavy (non-hydrogen) atoms. The molecule has 5 heteroatoms. The van der Waals surface area contributed by atoms with E-state index in [1.54, 1.807) is 6.92 Å². The Morgan fingerprint density at radius 1 is 1.39 bits per heavy atom. The Labute approximate surface area is 108 Å². The highest BCUT2D eigenvalue weighted by atomic mass is 16.4. The number of carbonyl (C=O) groups excluding carboxylic acids is 1. The monoisotopic (exact) mass is 256 g/mol. The van der Waals surface area contributed by atoms with E-state index >= 15 is 0 Å². The van der Waals surface area contributed by atoms with Crippen LogP contribution in [-0.4, -0.2) is 29.7 Å². The van der Waals surface area contributed by atoms with E-state index in [4.69, 9.17) is 5.11 Å². The fourth-order valence-corrected chi connectivity index (χ4v) is 2.58. The van der Waals surface area contributed by atoms with Crippen molar-refractivity contribution in [3.8, 4) is 0 Å². The van der Waals surface area contributed by atoms with Crippen molar-refractivity contribution >= 4 is 12.0 Å². The zero-order chi connectivity index (χ0) is 13.7. The Kier molecular flexibility index (Phi) is 5.44. The van der Waals surface area contributed by atoms with Crippen LogP contribution in [0.3, 0.4) is 0 Å². The summed E-state index contributed by atoms with van der Waals surface area (Å²) in [7, 11) is 0. The van der Waals surface area contributed by atoms with E-state index in [2.05, 4.69) is 24.5 Å². The number of urea groups is 1. The van der Waals surface area contributed by atoms with Crippen LogP contribution in [0, 0.1) is 17.8 Å². The van der Waals surface area contributed by atoms with Crippen LogP contribution in [-0.2, 0) is 4.79 Å². The lowest BCUT2D eigenvalue weighted by atomic mass is 9.94. The number of nitrogens with one attached hydrogen (secondary N) is 2. The Bertz CT molecular complexity index is 307. The minimum Gasteiger partial charge on any atom is -0.481 e. The van der Waals surface area contributed by atoms with Crippen LogP contribution < -0.4 is 10.6 Å². The Morgan fingerprint density at radius 2 is 2.06 bits per heavy atom. The minimum absolute atomic E-state index is 0.166. The first kappa shape index (κ1) is 14.8. The van der Waals surface area contributed by atoms with Gasteiger partial charge in [0.05, 0.1) is 5.92 Å². The third-order valence-electron chi connectivity index (χ3n) is 4.06. The van der Waals surface area contributed by atoms with Gasteiger partial charge in [-0.25, -0.2) is 4.79 Å². The van der Waals surface area contributed by atoms with Gasteiger partial charge in [-0.05, 0) is 24.7 Å². The van der Waals surface area contributed by atoms with Crippen LogP contribution in [0.1, 0.15) is 40.0 Å². The predicted octanol–water partition coefficient (Wildman–Crippen LogP) is 1.83. The Morgan fingerprint density at radius 3 is 2.56 bits per heavy atom. The van der Waals surface area contributed by atoms with Crippen LogP contribution >= 0.6 is 0 Å². The molecular weight excluding hydrogens is 232 g/mol. The molecule has 4 atom stereocenters. The molecule has 0 aromatic heterocycles. The highest BCUT2D eigenvalue weighted by Crippen LogP contribution is 2.33. The number of carboxylic acid groups (broad SMARTS) is 1. The van der Waals surface area contributed by atoms with Crippen molar-refractivity contribution < 1.29 is 14.7 Å². The molecule has 1 fully saturated rings. The van der Waals surface area contributed by atoms with Gasteiger partial charge in [0.1, 0.15) is 0 Å². The molecule has 0 saturated heterocycles. The van der Waals surface area contributed by atoms with Crippen molar-refractivity contribution in [3.63, 3.8) is 0 Å². The fourth-order valence-electron chi connectivity index (χ4n) is 2.58. The van der Waals surface area contributed by atoms with Gasteiger partial charge < -0.3 is 15.7 Å². The van der Waals surface area contributed by atoms with Crippen molar-refractivity contribution in [2.24, 2.45) is 17.8 Å². The highest BCUT2D eigenvalue weighted by molar-refractivity contribution is 5.76. The molecule has 0 aromatic rings. The topological polar surface area (TPSA) is 78.4 Å². The number of hydrogen-bond acceptors (Lipinski definition) is 2. The molecule has 1 aliphatic rings. The molecule has 0 heterocycles.